The normalized spacial score (nSPS) is 11.6. The second-order valence-electron chi connectivity index (χ2n) is 8.03. The molecule has 0 amide bonds. The van der Waals surface area contributed by atoms with Gasteiger partial charge >= 0.3 is 5.97 Å². The van der Waals surface area contributed by atoms with E-state index in [0.29, 0.717) is 16.9 Å². The van der Waals surface area contributed by atoms with Gasteiger partial charge in [-0.2, -0.15) is 0 Å². The minimum Gasteiger partial charge on any atom is -0.496 e. The fourth-order valence-electron chi connectivity index (χ4n) is 3.38. The minimum absolute atomic E-state index is 0.173. The van der Waals surface area contributed by atoms with Gasteiger partial charge in [-0.05, 0) is 46.9 Å². The third-order valence-electron chi connectivity index (χ3n) is 4.89. The van der Waals surface area contributed by atoms with Crippen molar-refractivity contribution in [2.45, 2.75) is 26.2 Å². The zero-order chi connectivity index (χ0) is 21.9. The predicted octanol–water partition coefficient (Wildman–Crippen LogP) is 5.22. The maximum absolute atomic E-state index is 12.4. The summed E-state index contributed by atoms with van der Waals surface area (Å²) < 4.78 is 5.74. The van der Waals surface area contributed by atoms with Crippen molar-refractivity contribution >= 4 is 18.1 Å². The van der Waals surface area contributed by atoms with Gasteiger partial charge in [0.05, 0.1) is 12.7 Å². The van der Waals surface area contributed by atoms with Crippen molar-refractivity contribution in [1.29, 1.82) is 0 Å². The number of carboxylic acid groups (broad SMARTS) is 1. The van der Waals surface area contributed by atoms with Crippen molar-refractivity contribution in [3.05, 3.63) is 87.3 Å². The molecule has 2 N–H and O–H groups in total. The number of ether oxygens (including phenoxy) is 1. The third kappa shape index (κ3) is 4.35. The Labute approximate surface area is 175 Å². The van der Waals surface area contributed by atoms with E-state index in [1.54, 1.807) is 55.8 Å². The lowest BCUT2D eigenvalue weighted by molar-refractivity contribution is 0.0696. The monoisotopic (exact) mass is 403 g/mol. The van der Waals surface area contributed by atoms with Crippen LogP contribution in [0.25, 0.3) is 23.3 Å². The quantitative estimate of drug-likeness (QED) is 0.573. The van der Waals surface area contributed by atoms with Crippen LogP contribution in [0.4, 0.5) is 0 Å². The Morgan fingerprint density at radius 2 is 1.73 bits per heavy atom. The Bertz CT molecular complexity index is 1170. The van der Waals surface area contributed by atoms with Crippen LogP contribution in [0, 0.1) is 0 Å². The second-order valence-corrected chi connectivity index (χ2v) is 8.03. The summed E-state index contributed by atoms with van der Waals surface area (Å²) in [7, 11) is 1.61. The van der Waals surface area contributed by atoms with E-state index >= 15 is 0 Å². The molecule has 0 saturated heterocycles. The van der Waals surface area contributed by atoms with E-state index in [9.17, 15) is 14.7 Å². The van der Waals surface area contributed by atoms with Gasteiger partial charge in [0, 0.05) is 22.9 Å². The summed E-state index contributed by atoms with van der Waals surface area (Å²) in [4.78, 5) is 26.6. The van der Waals surface area contributed by atoms with E-state index in [1.165, 1.54) is 0 Å². The number of aromatic nitrogens is 1. The van der Waals surface area contributed by atoms with Crippen molar-refractivity contribution in [1.82, 2.24) is 4.98 Å². The zero-order valence-electron chi connectivity index (χ0n) is 17.5. The first-order valence-corrected chi connectivity index (χ1v) is 9.63. The van der Waals surface area contributed by atoms with Crippen LogP contribution in [0.3, 0.4) is 0 Å². The number of pyridine rings is 1. The molecule has 0 aliphatic heterocycles. The number of aromatic amines is 1. The third-order valence-corrected chi connectivity index (χ3v) is 4.89. The van der Waals surface area contributed by atoms with Gasteiger partial charge in [0.2, 0.25) is 0 Å². The van der Waals surface area contributed by atoms with E-state index in [-0.39, 0.29) is 16.5 Å². The lowest BCUT2D eigenvalue weighted by Gasteiger charge is -2.24. The summed E-state index contributed by atoms with van der Waals surface area (Å²) in [5, 5.41) is 9.44. The van der Waals surface area contributed by atoms with E-state index in [0.717, 1.165) is 16.7 Å². The molecule has 0 aliphatic carbocycles. The van der Waals surface area contributed by atoms with Crippen molar-refractivity contribution in [3.63, 3.8) is 0 Å². The van der Waals surface area contributed by atoms with Gasteiger partial charge in [-0.15, -0.1) is 0 Å². The van der Waals surface area contributed by atoms with Crippen molar-refractivity contribution < 1.29 is 14.6 Å². The average molecular weight is 403 g/mol. The molecule has 1 heterocycles. The van der Waals surface area contributed by atoms with Crippen LogP contribution in [-0.2, 0) is 5.41 Å². The molecule has 0 saturated carbocycles. The second kappa shape index (κ2) is 8.41. The van der Waals surface area contributed by atoms with Gasteiger partial charge in [0.15, 0.2) is 0 Å². The Morgan fingerprint density at radius 3 is 2.37 bits per heavy atom. The van der Waals surface area contributed by atoms with Gasteiger partial charge < -0.3 is 14.8 Å². The molecule has 5 nitrogen and oxygen atoms in total. The van der Waals surface area contributed by atoms with Crippen LogP contribution in [-0.4, -0.2) is 23.2 Å². The number of carbonyl (C=O) groups is 1. The topological polar surface area (TPSA) is 79.4 Å². The lowest BCUT2D eigenvalue weighted by Crippen LogP contribution is -2.15. The molecule has 0 aliphatic rings. The van der Waals surface area contributed by atoms with Crippen LogP contribution in [0.5, 0.6) is 5.75 Å². The maximum atomic E-state index is 12.4. The summed E-state index contributed by atoms with van der Waals surface area (Å²) in [6.45, 7) is 6.24. The number of rotatable bonds is 5. The molecule has 0 bridgehead atoms. The molecule has 0 unspecified atom stereocenters. The minimum atomic E-state index is -0.984. The van der Waals surface area contributed by atoms with Gasteiger partial charge in [-0.3, -0.25) is 4.79 Å². The predicted molar refractivity (Wildman–Crippen MR) is 120 cm³/mol. The molecule has 0 radical (unpaired) electrons. The number of benzene rings is 2. The number of hydrogen-bond acceptors (Lipinski definition) is 3. The molecule has 1 aromatic heterocycles. The molecule has 0 spiro atoms. The van der Waals surface area contributed by atoms with E-state index in [1.807, 2.05) is 18.2 Å². The average Bonchev–Trinajstić information content (AvgIpc) is 2.71. The summed E-state index contributed by atoms with van der Waals surface area (Å²) in [5.74, 6) is -0.287. The van der Waals surface area contributed by atoms with Crippen LogP contribution < -0.4 is 10.3 Å². The molecule has 2 aromatic carbocycles. The Balaban J connectivity index is 2.23. The van der Waals surface area contributed by atoms with Gasteiger partial charge in [0.1, 0.15) is 5.75 Å². The van der Waals surface area contributed by atoms with Crippen LogP contribution in [0.15, 0.2) is 59.5 Å². The highest BCUT2D eigenvalue weighted by atomic mass is 16.5. The molecule has 5 heteroatoms. The van der Waals surface area contributed by atoms with Gasteiger partial charge in [0.25, 0.3) is 5.56 Å². The molecule has 30 heavy (non-hydrogen) atoms. The first-order valence-electron chi connectivity index (χ1n) is 9.63. The Kier molecular flexibility index (Phi) is 5.92. The van der Waals surface area contributed by atoms with Crippen molar-refractivity contribution in [2.24, 2.45) is 0 Å². The Morgan fingerprint density at radius 1 is 1.03 bits per heavy atom. The highest BCUT2D eigenvalue weighted by Gasteiger charge is 2.22. The number of H-pyrrole nitrogens is 1. The van der Waals surface area contributed by atoms with Crippen LogP contribution in [0.2, 0.25) is 0 Å². The van der Waals surface area contributed by atoms with Crippen molar-refractivity contribution in [3.8, 4) is 16.9 Å². The fourth-order valence-corrected chi connectivity index (χ4v) is 3.38. The molecular formula is C25H25NO4. The maximum Gasteiger partial charge on any atom is 0.336 e. The molecule has 0 fully saturated rings. The van der Waals surface area contributed by atoms with E-state index in [2.05, 4.69) is 25.8 Å². The number of methoxy groups -OCH3 is 1. The molecule has 0 atom stereocenters. The van der Waals surface area contributed by atoms with Gasteiger partial charge in [-0.25, -0.2) is 4.79 Å². The standard InChI is InChI=1S/C25H25NO4/c1-25(2,3)21-15-18(19-10-7-13-26-23(19)27)14-17(22(21)30-4)12-11-16-8-5-6-9-20(16)24(28)29/h5-15H,1-4H3,(H,26,27)(H,28,29). The Hall–Kier alpha value is -3.60. The smallest absolute Gasteiger partial charge is 0.336 e. The summed E-state index contributed by atoms with van der Waals surface area (Å²) in [6.07, 6.45) is 5.19. The summed E-state index contributed by atoms with van der Waals surface area (Å²) >= 11 is 0. The summed E-state index contributed by atoms with van der Waals surface area (Å²) in [6, 6.07) is 14.2. The molecule has 3 rings (SSSR count). The number of nitrogens with one attached hydrogen (secondary N) is 1. The molecule has 3 aromatic rings. The molecular weight excluding hydrogens is 378 g/mol. The van der Waals surface area contributed by atoms with Crippen LogP contribution in [0.1, 0.15) is 47.8 Å². The zero-order valence-corrected chi connectivity index (χ0v) is 17.5. The number of aromatic carboxylic acids is 1. The van der Waals surface area contributed by atoms with E-state index in [4.69, 9.17) is 4.74 Å². The lowest BCUT2D eigenvalue weighted by atomic mass is 9.83. The van der Waals surface area contributed by atoms with Crippen molar-refractivity contribution in [2.75, 3.05) is 7.11 Å². The largest absolute Gasteiger partial charge is 0.496 e. The highest BCUT2D eigenvalue weighted by Crippen LogP contribution is 2.38. The van der Waals surface area contributed by atoms with Crippen LogP contribution >= 0.6 is 0 Å². The summed E-state index contributed by atoms with van der Waals surface area (Å²) in [5.41, 5.74) is 3.46. The first kappa shape index (κ1) is 21.1. The highest BCUT2D eigenvalue weighted by molar-refractivity contribution is 5.93. The number of carboxylic acids is 1. The first-order chi connectivity index (χ1) is 14.2. The van der Waals surface area contributed by atoms with Gasteiger partial charge in [-0.1, -0.05) is 51.1 Å². The fraction of sp³-hybridized carbons (Fsp3) is 0.200. The number of hydrogen-bond donors (Lipinski definition) is 2. The SMILES string of the molecule is COc1c(C=Cc2ccccc2C(=O)O)cc(-c2ccc[nH]c2=O)cc1C(C)(C)C. The molecule has 154 valence electrons. The van der Waals surface area contributed by atoms with E-state index < -0.39 is 5.97 Å².